The van der Waals surface area contributed by atoms with Crippen molar-refractivity contribution in [1.29, 1.82) is 0 Å². The van der Waals surface area contributed by atoms with Gasteiger partial charge in [-0.15, -0.1) is 0 Å². The molecule has 3 aromatic rings. The van der Waals surface area contributed by atoms with Crippen LogP contribution in [-0.4, -0.2) is 29.4 Å². The lowest BCUT2D eigenvalue weighted by Gasteiger charge is -2.07. The summed E-state index contributed by atoms with van der Waals surface area (Å²) in [5.74, 6) is 0.961. The van der Waals surface area contributed by atoms with Gasteiger partial charge in [-0.1, -0.05) is 0 Å². The number of hydrogen-bond donors (Lipinski definition) is 0. The number of aromatic nitrogens is 2. The summed E-state index contributed by atoms with van der Waals surface area (Å²) in [5, 5.41) is 0. The highest BCUT2D eigenvalue weighted by Crippen LogP contribution is 2.25. The molecular weight excluding hydrogens is 372 g/mol. The molecule has 5 nitrogen and oxygen atoms in total. The lowest BCUT2D eigenvalue weighted by molar-refractivity contribution is 0.104. The monoisotopic (exact) mass is 386 g/mol. The third-order valence-corrected chi connectivity index (χ3v) is 4.05. The van der Waals surface area contributed by atoms with Crippen molar-refractivity contribution in [2.24, 2.45) is 0 Å². The molecule has 2 aromatic heterocycles. The third kappa shape index (κ3) is 3.19. The smallest absolute Gasteiger partial charge is 0.189 e. The molecule has 0 amide bonds. The highest BCUT2D eigenvalue weighted by Gasteiger charge is 2.11. The minimum absolute atomic E-state index is 0.153. The van der Waals surface area contributed by atoms with E-state index >= 15 is 0 Å². The Labute approximate surface area is 147 Å². The number of fused-ring (bicyclic) bond motifs is 1. The molecule has 122 valence electrons. The van der Waals surface area contributed by atoms with Crippen molar-refractivity contribution in [2.75, 3.05) is 14.2 Å². The lowest BCUT2D eigenvalue weighted by Crippen LogP contribution is -1.99. The molecule has 3 rings (SSSR count). The highest BCUT2D eigenvalue weighted by molar-refractivity contribution is 9.10. The van der Waals surface area contributed by atoms with Crippen LogP contribution in [0.5, 0.6) is 11.5 Å². The van der Waals surface area contributed by atoms with E-state index in [-0.39, 0.29) is 5.78 Å². The number of ketones is 1. The number of halogens is 1. The molecule has 1 aromatic carbocycles. The first-order valence-corrected chi connectivity index (χ1v) is 7.98. The summed E-state index contributed by atoms with van der Waals surface area (Å²) in [4.78, 5) is 16.8. The number of rotatable bonds is 5. The first kappa shape index (κ1) is 16.3. The van der Waals surface area contributed by atoms with Crippen molar-refractivity contribution in [3.05, 3.63) is 64.5 Å². The van der Waals surface area contributed by atoms with Crippen LogP contribution in [0.2, 0.25) is 0 Å². The van der Waals surface area contributed by atoms with E-state index in [0.717, 1.165) is 15.8 Å². The van der Waals surface area contributed by atoms with Crippen molar-refractivity contribution in [3.8, 4) is 11.5 Å². The zero-order chi connectivity index (χ0) is 17.1. The Kier molecular flexibility index (Phi) is 4.66. The van der Waals surface area contributed by atoms with Crippen molar-refractivity contribution in [3.63, 3.8) is 0 Å². The molecule has 0 bridgehead atoms. The summed E-state index contributed by atoms with van der Waals surface area (Å²) in [7, 11) is 3.09. The number of carbonyl (C=O) groups is 1. The van der Waals surface area contributed by atoms with Crippen molar-refractivity contribution in [2.45, 2.75) is 0 Å². The minimum Gasteiger partial charge on any atom is -0.497 e. The number of nitrogens with zero attached hydrogens (tertiary/aromatic N) is 2. The van der Waals surface area contributed by atoms with Crippen LogP contribution in [0.25, 0.3) is 11.7 Å². The van der Waals surface area contributed by atoms with E-state index < -0.39 is 0 Å². The van der Waals surface area contributed by atoms with Crippen molar-refractivity contribution >= 4 is 33.4 Å². The second kappa shape index (κ2) is 6.88. The molecule has 0 aliphatic rings. The number of methoxy groups -OCH3 is 2. The van der Waals surface area contributed by atoms with Gasteiger partial charge in [0.1, 0.15) is 17.1 Å². The second-order valence-electron chi connectivity index (χ2n) is 5.02. The maximum Gasteiger partial charge on any atom is 0.189 e. The van der Waals surface area contributed by atoms with Crippen molar-refractivity contribution < 1.29 is 14.3 Å². The fraction of sp³-hybridized carbons (Fsp3) is 0.111. The van der Waals surface area contributed by atoms with Crippen LogP contribution in [0, 0.1) is 0 Å². The van der Waals surface area contributed by atoms with Crippen molar-refractivity contribution in [1.82, 2.24) is 9.38 Å². The van der Waals surface area contributed by atoms with E-state index in [0.29, 0.717) is 17.1 Å². The summed E-state index contributed by atoms with van der Waals surface area (Å²) in [6.45, 7) is 0. The average Bonchev–Trinajstić information content (AvgIpc) is 3.01. The molecule has 0 unspecified atom stereocenters. The Morgan fingerprint density at radius 2 is 2.04 bits per heavy atom. The van der Waals surface area contributed by atoms with E-state index in [1.807, 2.05) is 22.7 Å². The number of ether oxygens (including phenoxy) is 2. The Morgan fingerprint density at radius 3 is 2.79 bits per heavy atom. The van der Waals surface area contributed by atoms with E-state index in [1.165, 1.54) is 13.2 Å². The molecular formula is C18H15BrN2O3. The van der Waals surface area contributed by atoms with Crippen LogP contribution >= 0.6 is 15.9 Å². The molecule has 6 heteroatoms. The maximum atomic E-state index is 12.5. The van der Waals surface area contributed by atoms with Gasteiger partial charge < -0.3 is 9.47 Å². The predicted molar refractivity (Wildman–Crippen MR) is 95.8 cm³/mol. The van der Waals surface area contributed by atoms with Gasteiger partial charge >= 0.3 is 0 Å². The van der Waals surface area contributed by atoms with Crippen LogP contribution in [-0.2, 0) is 0 Å². The van der Waals surface area contributed by atoms with Crippen LogP contribution in [0.1, 0.15) is 16.1 Å². The molecule has 2 heterocycles. The SMILES string of the molecule is COc1ccc(C(=O)/C=C/c2cnc3ccc(Br)cn23)c(OC)c1. The molecule has 0 spiro atoms. The molecule has 0 radical (unpaired) electrons. The molecule has 0 fully saturated rings. The number of imidazole rings is 1. The van der Waals surface area contributed by atoms with Gasteiger partial charge in [0.05, 0.1) is 31.7 Å². The quantitative estimate of drug-likeness (QED) is 0.490. The van der Waals surface area contributed by atoms with Gasteiger partial charge in [-0.2, -0.15) is 0 Å². The number of carbonyl (C=O) groups excluding carboxylic acids is 1. The standard InChI is InChI=1S/C18H15BrN2O3/c1-23-14-5-6-15(17(9-14)24-2)16(22)7-4-13-10-20-18-8-3-12(19)11-21(13)18/h3-11H,1-2H3/b7-4+. The molecule has 24 heavy (non-hydrogen) atoms. The Balaban J connectivity index is 1.91. The van der Waals surface area contributed by atoms with Crippen LogP contribution in [0.4, 0.5) is 0 Å². The maximum absolute atomic E-state index is 12.5. The highest BCUT2D eigenvalue weighted by atomic mass is 79.9. The number of pyridine rings is 1. The largest absolute Gasteiger partial charge is 0.497 e. The van der Waals surface area contributed by atoms with Crippen LogP contribution in [0.3, 0.4) is 0 Å². The first-order valence-electron chi connectivity index (χ1n) is 7.19. The lowest BCUT2D eigenvalue weighted by atomic mass is 10.1. The van der Waals surface area contributed by atoms with E-state index in [2.05, 4.69) is 20.9 Å². The first-order chi connectivity index (χ1) is 11.6. The zero-order valence-corrected chi connectivity index (χ0v) is 14.8. The zero-order valence-electron chi connectivity index (χ0n) is 13.2. The summed E-state index contributed by atoms with van der Waals surface area (Å²) in [6.07, 6.45) is 6.87. The summed E-state index contributed by atoms with van der Waals surface area (Å²) in [6, 6.07) is 8.93. The fourth-order valence-corrected chi connectivity index (χ4v) is 2.69. The summed E-state index contributed by atoms with van der Waals surface area (Å²) < 4.78 is 13.3. The normalized spacial score (nSPS) is 11.1. The van der Waals surface area contributed by atoms with Crippen LogP contribution < -0.4 is 9.47 Å². The minimum atomic E-state index is -0.153. The fourth-order valence-electron chi connectivity index (χ4n) is 2.35. The molecule has 0 saturated heterocycles. The molecule has 0 saturated carbocycles. The molecule has 0 N–H and O–H groups in total. The molecule has 0 aliphatic heterocycles. The van der Waals surface area contributed by atoms with Crippen LogP contribution in [0.15, 0.2) is 53.3 Å². The number of benzene rings is 1. The summed E-state index contributed by atoms with van der Waals surface area (Å²) >= 11 is 3.43. The topological polar surface area (TPSA) is 52.8 Å². The van der Waals surface area contributed by atoms with Gasteiger partial charge in [-0.05, 0) is 52.3 Å². The van der Waals surface area contributed by atoms with E-state index in [9.17, 15) is 4.79 Å². The van der Waals surface area contributed by atoms with Gasteiger partial charge in [-0.3, -0.25) is 9.20 Å². The Bertz CT molecular complexity index is 931. The Morgan fingerprint density at radius 1 is 1.21 bits per heavy atom. The number of allylic oxidation sites excluding steroid dienone is 1. The third-order valence-electron chi connectivity index (χ3n) is 3.58. The molecule has 0 aliphatic carbocycles. The van der Waals surface area contributed by atoms with Gasteiger partial charge in [0, 0.05) is 16.7 Å². The van der Waals surface area contributed by atoms with Gasteiger partial charge in [0.2, 0.25) is 0 Å². The van der Waals surface area contributed by atoms with E-state index in [4.69, 9.17) is 9.47 Å². The van der Waals surface area contributed by atoms with Gasteiger partial charge in [0.15, 0.2) is 5.78 Å². The number of hydrogen-bond acceptors (Lipinski definition) is 4. The predicted octanol–water partition coefficient (Wildman–Crippen LogP) is 4.01. The van der Waals surface area contributed by atoms with Gasteiger partial charge in [0.25, 0.3) is 0 Å². The summed E-state index contributed by atoms with van der Waals surface area (Å²) in [5.41, 5.74) is 2.10. The second-order valence-corrected chi connectivity index (χ2v) is 5.94. The average molecular weight is 387 g/mol. The van der Waals surface area contributed by atoms with Gasteiger partial charge in [-0.25, -0.2) is 4.98 Å². The Hall–Kier alpha value is -2.60. The van der Waals surface area contributed by atoms with E-state index in [1.54, 1.807) is 37.6 Å². The molecule has 0 atom stereocenters.